The van der Waals surface area contributed by atoms with E-state index < -0.39 is 10.0 Å². The second-order valence-electron chi connectivity index (χ2n) is 4.17. The molecule has 0 atom stereocenters. The van der Waals surface area contributed by atoms with Crippen LogP contribution >= 0.6 is 23.2 Å². The molecule has 0 radical (unpaired) electrons. The molecule has 0 fully saturated rings. The Labute approximate surface area is 132 Å². The summed E-state index contributed by atoms with van der Waals surface area (Å²) in [5, 5.41) is 14.1. The Balaban J connectivity index is 2.08. The summed E-state index contributed by atoms with van der Waals surface area (Å²) in [4.78, 5) is 0.0298. The van der Waals surface area contributed by atoms with E-state index in [1.807, 2.05) is 0 Å². The van der Waals surface area contributed by atoms with Crippen LogP contribution in [0.4, 0.5) is 5.69 Å². The summed E-state index contributed by atoms with van der Waals surface area (Å²) >= 11 is 11.8. The smallest absolute Gasteiger partial charge is 0.225 e. The van der Waals surface area contributed by atoms with Gasteiger partial charge in [-0.3, -0.25) is 0 Å². The standard InChI is InChI=1S/C13H11Cl2N3O2S/c14-10-2-1-9(13(15)7-10)8-17-18-11-3-5-12(6-4-11)21(16,19)20/h1-7H,8H2,(H2,16,19,20). The molecule has 0 unspecified atom stereocenters. The molecule has 0 spiro atoms. The minimum Gasteiger partial charge on any atom is -0.225 e. The van der Waals surface area contributed by atoms with Gasteiger partial charge in [0, 0.05) is 10.0 Å². The predicted molar refractivity (Wildman–Crippen MR) is 82.5 cm³/mol. The summed E-state index contributed by atoms with van der Waals surface area (Å²) in [5.74, 6) is 0. The van der Waals surface area contributed by atoms with Gasteiger partial charge in [0.15, 0.2) is 0 Å². The molecule has 2 aromatic carbocycles. The lowest BCUT2D eigenvalue weighted by molar-refractivity contribution is 0.598. The van der Waals surface area contributed by atoms with Crippen molar-refractivity contribution in [3.05, 3.63) is 58.1 Å². The lowest BCUT2D eigenvalue weighted by Crippen LogP contribution is -2.11. The summed E-state index contributed by atoms with van der Waals surface area (Å²) in [6.07, 6.45) is 0. The van der Waals surface area contributed by atoms with Gasteiger partial charge in [-0.05, 0) is 42.0 Å². The Bertz CT molecular complexity index is 775. The van der Waals surface area contributed by atoms with Gasteiger partial charge in [0.25, 0.3) is 0 Å². The summed E-state index contributed by atoms with van der Waals surface area (Å²) < 4.78 is 22.2. The summed E-state index contributed by atoms with van der Waals surface area (Å²) in [6.45, 7) is 0.299. The van der Waals surface area contributed by atoms with Crippen LogP contribution in [-0.2, 0) is 16.6 Å². The first kappa shape index (κ1) is 15.9. The molecule has 8 heteroatoms. The highest BCUT2D eigenvalue weighted by Gasteiger charge is 2.06. The number of azo groups is 1. The zero-order chi connectivity index (χ0) is 15.5. The van der Waals surface area contributed by atoms with Crippen molar-refractivity contribution in [2.45, 2.75) is 11.4 Å². The Kier molecular flexibility index (Phi) is 4.95. The molecule has 0 aromatic heterocycles. The van der Waals surface area contributed by atoms with Crippen molar-refractivity contribution in [1.82, 2.24) is 0 Å². The van der Waals surface area contributed by atoms with Crippen molar-refractivity contribution in [2.24, 2.45) is 15.4 Å². The third-order valence-corrected chi connectivity index (χ3v) is 4.12. The van der Waals surface area contributed by atoms with Crippen molar-refractivity contribution in [3.63, 3.8) is 0 Å². The second-order valence-corrected chi connectivity index (χ2v) is 6.58. The van der Waals surface area contributed by atoms with E-state index in [4.69, 9.17) is 28.3 Å². The normalized spacial score (nSPS) is 12.0. The number of rotatable bonds is 4. The van der Waals surface area contributed by atoms with E-state index in [9.17, 15) is 8.42 Å². The number of halogens is 2. The van der Waals surface area contributed by atoms with Gasteiger partial charge in [0.1, 0.15) is 0 Å². The zero-order valence-electron chi connectivity index (χ0n) is 10.7. The fourth-order valence-corrected chi connectivity index (χ4v) is 2.53. The molecule has 2 aromatic rings. The number of benzene rings is 2. The van der Waals surface area contributed by atoms with Crippen LogP contribution in [0.15, 0.2) is 57.6 Å². The highest BCUT2D eigenvalue weighted by Crippen LogP contribution is 2.22. The van der Waals surface area contributed by atoms with E-state index in [2.05, 4.69) is 10.2 Å². The quantitative estimate of drug-likeness (QED) is 0.852. The molecular weight excluding hydrogens is 333 g/mol. The number of hydrogen-bond donors (Lipinski definition) is 1. The van der Waals surface area contributed by atoms with Gasteiger partial charge in [0.2, 0.25) is 10.0 Å². The third-order valence-electron chi connectivity index (χ3n) is 2.61. The highest BCUT2D eigenvalue weighted by atomic mass is 35.5. The zero-order valence-corrected chi connectivity index (χ0v) is 13.0. The third kappa shape index (κ3) is 4.50. The Hall–Kier alpha value is -1.47. The predicted octanol–water partition coefficient (Wildman–Crippen LogP) is 3.92. The van der Waals surface area contributed by atoms with Gasteiger partial charge in [-0.25, -0.2) is 13.6 Å². The molecule has 0 aliphatic rings. The van der Waals surface area contributed by atoms with Gasteiger partial charge in [-0.1, -0.05) is 29.3 Å². The minimum absolute atomic E-state index is 0.0298. The lowest BCUT2D eigenvalue weighted by atomic mass is 10.2. The monoisotopic (exact) mass is 343 g/mol. The maximum absolute atomic E-state index is 11.1. The first-order valence-electron chi connectivity index (χ1n) is 5.80. The van der Waals surface area contributed by atoms with Crippen LogP contribution in [0.25, 0.3) is 0 Å². The van der Waals surface area contributed by atoms with Gasteiger partial charge < -0.3 is 0 Å². The lowest BCUT2D eigenvalue weighted by Gasteiger charge is -2.00. The van der Waals surface area contributed by atoms with Crippen LogP contribution in [0.5, 0.6) is 0 Å². The number of nitrogens with two attached hydrogens (primary N) is 1. The van der Waals surface area contributed by atoms with E-state index >= 15 is 0 Å². The van der Waals surface area contributed by atoms with Crippen LogP contribution in [0.1, 0.15) is 5.56 Å². The van der Waals surface area contributed by atoms with E-state index in [0.717, 1.165) is 5.56 Å². The molecule has 0 bridgehead atoms. The molecule has 2 N–H and O–H groups in total. The second kappa shape index (κ2) is 6.53. The van der Waals surface area contributed by atoms with Crippen molar-refractivity contribution in [3.8, 4) is 0 Å². The van der Waals surface area contributed by atoms with Crippen LogP contribution < -0.4 is 5.14 Å². The van der Waals surface area contributed by atoms with Crippen LogP contribution in [0.2, 0.25) is 10.0 Å². The van der Waals surface area contributed by atoms with Crippen molar-refractivity contribution in [2.75, 3.05) is 0 Å². The summed E-state index contributed by atoms with van der Waals surface area (Å²) in [7, 11) is -3.70. The first-order chi connectivity index (χ1) is 9.86. The number of primary sulfonamides is 1. The molecule has 0 heterocycles. The molecule has 21 heavy (non-hydrogen) atoms. The average molecular weight is 344 g/mol. The summed E-state index contributed by atoms with van der Waals surface area (Å²) in [6, 6.07) is 10.9. The van der Waals surface area contributed by atoms with Crippen molar-refractivity contribution < 1.29 is 8.42 Å². The van der Waals surface area contributed by atoms with Crippen molar-refractivity contribution >= 4 is 38.9 Å². The maximum Gasteiger partial charge on any atom is 0.238 e. The van der Waals surface area contributed by atoms with Gasteiger partial charge >= 0.3 is 0 Å². The SMILES string of the molecule is NS(=O)(=O)c1ccc(N=NCc2ccc(Cl)cc2Cl)cc1. The topological polar surface area (TPSA) is 84.9 Å². The van der Waals surface area contributed by atoms with Gasteiger partial charge in [-0.15, -0.1) is 0 Å². The molecule has 2 rings (SSSR count). The molecular formula is C13H11Cl2N3O2S. The van der Waals surface area contributed by atoms with Crippen LogP contribution in [0, 0.1) is 0 Å². The van der Waals surface area contributed by atoms with E-state index in [-0.39, 0.29) is 4.90 Å². The van der Waals surface area contributed by atoms with Gasteiger partial charge in [0.05, 0.1) is 17.1 Å². The Morgan fingerprint density at radius 2 is 1.71 bits per heavy atom. The molecule has 5 nitrogen and oxygen atoms in total. The minimum atomic E-state index is -3.70. The van der Waals surface area contributed by atoms with Gasteiger partial charge in [-0.2, -0.15) is 10.2 Å². The Morgan fingerprint density at radius 1 is 1.05 bits per heavy atom. The van der Waals surface area contributed by atoms with Crippen molar-refractivity contribution in [1.29, 1.82) is 0 Å². The molecule has 0 amide bonds. The Morgan fingerprint density at radius 3 is 2.29 bits per heavy atom. The number of nitrogens with zero attached hydrogens (tertiary/aromatic N) is 2. The fraction of sp³-hybridized carbons (Fsp3) is 0.0769. The van der Waals surface area contributed by atoms with E-state index in [0.29, 0.717) is 22.3 Å². The molecule has 0 aliphatic heterocycles. The molecule has 110 valence electrons. The largest absolute Gasteiger partial charge is 0.238 e. The number of sulfonamides is 1. The average Bonchev–Trinajstić information content (AvgIpc) is 2.41. The molecule has 0 saturated carbocycles. The van der Waals surface area contributed by atoms with Crippen LogP contribution in [0.3, 0.4) is 0 Å². The first-order valence-corrected chi connectivity index (χ1v) is 8.11. The van der Waals surface area contributed by atoms with E-state index in [1.54, 1.807) is 18.2 Å². The number of hydrogen-bond acceptors (Lipinski definition) is 4. The maximum atomic E-state index is 11.1. The summed E-state index contributed by atoms with van der Waals surface area (Å²) in [5.41, 5.74) is 1.32. The fourth-order valence-electron chi connectivity index (χ4n) is 1.55. The highest BCUT2D eigenvalue weighted by molar-refractivity contribution is 7.89. The van der Waals surface area contributed by atoms with Crippen LogP contribution in [-0.4, -0.2) is 8.42 Å². The molecule has 0 saturated heterocycles. The van der Waals surface area contributed by atoms with E-state index in [1.165, 1.54) is 24.3 Å². The molecule has 0 aliphatic carbocycles.